The predicted molar refractivity (Wildman–Crippen MR) is 115 cm³/mol. The van der Waals surface area contributed by atoms with Gasteiger partial charge < -0.3 is 15.1 Å². The Bertz CT molecular complexity index is 888. The van der Waals surface area contributed by atoms with Crippen LogP contribution in [0.5, 0.6) is 0 Å². The van der Waals surface area contributed by atoms with Gasteiger partial charge in [0.2, 0.25) is 0 Å². The normalized spacial score (nSPS) is 17.3. The van der Waals surface area contributed by atoms with Gasteiger partial charge in [0.15, 0.2) is 5.96 Å². The van der Waals surface area contributed by atoms with Gasteiger partial charge in [0.1, 0.15) is 11.9 Å². The summed E-state index contributed by atoms with van der Waals surface area (Å²) in [5.74, 6) is 1.57. The van der Waals surface area contributed by atoms with Crippen LogP contribution in [0.4, 0.5) is 19.0 Å². The first-order chi connectivity index (χ1) is 14.2. The van der Waals surface area contributed by atoms with Gasteiger partial charge in [-0.15, -0.1) is 0 Å². The molecule has 2 aromatic rings. The first-order valence-corrected chi connectivity index (χ1v) is 10.0. The highest BCUT2D eigenvalue weighted by Crippen LogP contribution is 2.25. The van der Waals surface area contributed by atoms with Crippen LogP contribution < -0.4 is 10.2 Å². The van der Waals surface area contributed by atoms with Crippen LogP contribution in [0.15, 0.2) is 35.3 Å². The van der Waals surface area contributed by atoms with Crippen molar-refractivity contribution in [2.75, 3.05) is 52.2 Å². The van der Waals surface area contributed by atoms with Crippen LogP contribution >= 0.6 is 0 Å². The Morgan fingerprint density at radius 3 is 2.47 bits per heavy atom. The van der Waals surface area contributed by atoms with Crippen LogP contribution in [0.1, 0.15) is 12.5 Å². The lowest BCUT2D eigenvalue weighted by molar-refractivity contribution is -0.181. The molecule has 0 spiro atoms. The van der Waals surface area contributed by atoms with Gasteiger partial charge >= 0.3 is 6.18 Å². The monoisotopic (exact) mass is 422 g/mol. The number of alkyl halides is 3. The molecular formula is C21H29F3N6. The molecule has 1 aromatic carbocycles. The Kier molecular flexibility index (Phi) is 6.70. The average molecular weight is 422 g/mol. The van der Waals surface area contributed by atoms with E-state index in [1.54, 1.807) is 7.05 Å². The molecular weight excluding hydrogens is 393 g/mol. The summed E-state index contributed by atoms with van der Waals surface area (Å²) in [6, 6.07) is 8.60. The topological polar surface area (TPSA) is 47.0 Å². The molecule has 6 nitrogen and oxygen atoms in total. The van der Waals surface area contributed by atoms with E-state index in [0.717, 1.165) is 22.3 Å². The Morgan fingerprint density at radius 2 is 1.87 bits per heavy atom. The van der Waals surface area contributed by atoms with Gasteiger partial charge in [0.05, 0.1) is 5.52 Å². The van der Waals surface area contributed by atoms with Crippen molar-refractivity contribution in [1.29, 1.82) is 0 Å². The summed E-state index contributed by atoms with van der Waals surface area (Å²) in [6.07, 6.45) is -4.20. The number of benzene rings is 1. The predicted octanol–water partition coefficient (Wildman–Crippen LogP) is 2.94. The zero-order valence-electron chi connectivity index (χ0n) is 17.9. The minimum Gasteiger partial charge on any atom is -0.363 e. The van der Waals surface area contributed by atoms with Crippen molar-refractivity contribution in [3.05, 3.63) is 35.9 Å². The maximum absolute atomic E-state index is 13.0. The lowest BCUT2D eigenvalue weighted by atomic mass is 10.1. The summed E-state index contributed by atoms with van der Waals surface area (Å²) in [7, 11) is 5.60. The van der Waals surface area contributed by atoms with Gasteiger partial charge in [-0.05, 0) is 24.6 Å². The van der Waals surface area contributed by atoms with Gasteiger partial charge in [-0.2, -0.15) is 13.2 Å². The zero-order valence-corrected chi connectivity index (χ0v) is 17.9. The smallest absolute Gasteiger partial charge is 0.363 e. The third kappa shape index (κ3) is 4.95. The molecule has 0 radical (unpaired) electrons. The van der Waals surface area contributed by atoms with Gasteiger partial charge in [-0.1, -0.05) is 18.2 Å². The van der Waals surface area contributed by atoms with E-state index in [2.05, 4.69) is 15.3 Å². The number of anilines is 1. The standard InChI is InChI=1S/C21H29F3N6/c1-15(21(22,23)24)29-9-11-30(12-10-29)20(25-2)26-14-16-13-19(28(3)4)27-18-8-6-5-7-17(16)18/h5-8,13,15H,9-12,14H2,1-4H3,(H,25,26). The zero-order chi connectivity index (χ0) is 21.9. The number of aromatic nitrogens is 1. The van der Waals surface area contributed by atoms with Crippen LogP contribution in [0.3, 0.4) is 0 Å². The molecule has 30 heavy (non-hydrogen) atoms. The highest BCUT2D eigenvalue weighted by molar-refractivity contribution is 5.85. The maximum atomic E-state index is 13.0. The Balaban J connectivity index is 1.68. The van der Waals surface area contributed by atoms with Crippen LogP contribution in [0.25, 0.3) is 10.9 Å². The summed E-state index contributed by atoms with van der Waals surface area (Å²) in [6.45, 7) is 3.48. The molecule has 164 valence electrons. The molecule has 0 saturated carbocycles. The second-order valence-corrected chi connectivity index (χ2v) is 7.69. The molecule has 0 bridgehead atoms. The third-order valence-corrected chi connectivity index (χ3v) is 5.53. The number of halogens is 3. The van der Waals surface area contributed by atoms with E-state index in [0.29, 0.717) is 38.7 Å². The van der Waals surface area contributed by atoms with Crippen molar-refractivity contribution in [2.24, 2.45) is 4.99 Å². The maximum Gasteiger partial charge on any atom is 0.403 e. The Labute approximate surface area is 175 Å². The molecule has 1 unspecified atom stereocenters. The van der Waals surface area contributed by atoms with E-state index in [1.807, 2.05) is 54.2 Å². The number of hydrogen-bond donors (Lipinski definition) is 1. The van der Waals surface area contributed by atoms with E-state index in [1.165, 1.54) is 11.8 Å². The van der Waals surface area contributed by atoms with Crippen LogP contribution in [0.2, 0.25) is 0 Å². The molecule has 1 saturated heterocycles. The third-order valence-electron chi connectivity index (χ3n) is 5.53. The molecule has 0 amide bonds. The molecule has 1 N–H and O–H groups in total. The average Bonchev–Trinajstić information content (AvgIpc) is 2.73. The second-order valence-electron chi connectivity index (χ2n) is 7.69. The highest BCUT2D eigenvalue weighted by atomic mass is 19.4. The summed E-state index contributed by atoms with van der Waals surface area (Å²) in [5, 5.41) is 4.44. The minimum absolute atomic E-state index is 0.352. The van der Waals surface area contributed by atoms with Crippen LogP contribution in [-0.4, -0.2) is 80.3 Å². The largest absolute Gasteiger partial charge is 0.403 e. The van der Waals surface area contributed by atoms with Gasteiger partial charge in [-0.3, -0.25) is 9.89 Å². The Hall–Kier alpha value is -2.55. The second kappa shape index (κ2) is 9.07. The van der Waals surface area contributed by atoms with Crippen molar-refractivity contribution in [1.82, 2.24) is 20.1 Å². The number of hydrogen-bond acceptors (Lipinski definition) is 4. The van der Waals surface area contributed by atoms with Gasteiger partial charge in [0, 0.05) is 59.3 Å². The fraction of sp³-hybridized carbons (Fsp3) is 0.524. The number of nitrogens with one attached hydrogen (secondary N) is 1. The van der Waals surface area contributed by atoms with Crippen molar-refractivity contribution >= 4 is 22.7 Å². The van der Waals surface area contributed by atoms with Crippen molar-refractivity contribution in [3.63, 3.8) is 0 Å². The number of piperazine rings is 1. The van der Waals surface area contributed by atoms with E-state index in [-0.39, 0.29) is 0 Å². The molecule has 1 atom stereocenters. The molecule has 2 heterocycles. The number of rotatable bonds is 4. The van der Waals surface area contributed by atoms with Crippen LogP contribution in [-0.2, 0) is 6.54 Å². The summed E-state index contributed by atoms with van der Waals surface area (Å²) in [4.78, 5) is 14.5. The summed E-state index contributed by atoms with van der Waals surface area (Å²) in [5.41, 5.74) is 2.01. The molecule has 0 aliphatic carbocycles. The number of pyridine rings is 1. The first kappa shape index (κ1) is 22.1. The van der Waals surface area contributed by atoms with E-state index >= 15 is 0 Å². The molecule has 1 aromatic heterocycles. The number of aliphatic imine (C=N–C) groups is 1. The van der Waals surface area contributed by atoms with Crippen molar-refractivity contribution in [3.8, 4) is 0 Å². The van der Waals surface area contributed by atoms with Gasteiger partial charge in [0.25, 0.3) is 0 Å². The van der Waals surface area contributed by atoms with Crippen LogP contribution in [0, 0.1) is 0 Å². The number of para-hydroxylation sites is 1. The van der Waals surface area contributed by atoms with Crippen molar-refractivity contribution < 1.29 is 13.2 Å². The van der Waals surface area contributed by atoms with Gasteiger partial charge in [-0.25, -0.2) is 4.98 Å². The lowest BCUT2D eigenvalue weighted by Crippen LogP contribution is -2.56. The van der Waals surface area contributed by atoms with E-state index in [9.17, 15) is 13.2 Å². The lowest BCUT2D eigenvalue weighted by Gasteiger charge is -2.39. The summed E-state index contributed by atoms with van der Waals surface area (Å²) >= 11 is 0. The minimum atomic E-state index is -4.20. The molecule has 9 heteroatoms. The fourth-order valence-corrected chi connectivity index (χ4v) is 3.64. The number of nitrogens with zero attached hydrogens (tertiary/aromatic N) is 5. The fourth-order valence-electron chi connectivity index (χ4n) is 3.64. The highest BCUT2D eigenvalue weighted by Gasteiger charge is 2.41. The number of fused-ring (bicyclic) bond motifs is 1. The van der Waals surface area contributed by atoms with E-state index in [4.69, 9.17) is 0 Å². The number of guanidine groups is 1. The molecule has 3 rings (SSSR count). The molecule has 1 fully saturated rings. The Morgan fingerprint density at radius 1 is 1.20 bits per heavy atom. The van der Waals surface area contributed by atoms with Crippen molar-refractivity contribution in [2.45, 2.75) is 25.7 Å². The molecule has 1 aliphatic rings. The quantitative estimate of drug-likeness (QED) is 0.607. The van der Waals surface area contributed by atoms with E-state index < -0.39 is 12.2 Å². The summed E-state index contributed by atoms with van der Waals surface area (Å²) < 4.78 is 38.9. The molecule has 1 aliphatic heterocycles. The SMILES string of the molecule is CN=C(NCc1cc(N(C)C)nc2ccccc12)N1CCN(C(C)C(F)(F)F)CC1. The first-order valence-electron chi connectivity index (χ1n) is 10.0.